The van der Waals surface area contributed by atoms with Gasteiger partial charge >= 0.3 is 0 Å². The summed E-state index contributed by atoms with van der Waals surface area (Å²) in [6.45, 7) is 5.29. The molecule has 0 radical (unpaired) electrons. The van der Waals surface area contributed by atoms with Gasteiger partial charge in [-0.2, -0.15) is 0 Å². The van der Waals surface area contributed by atoms with E-state index < -0.39 is 0 Å². The van der Waals surface area contributed by atoms with Crippen molar-refractivity contribution < 1.29 is 4.90 Å². The van der Waals surface area contributed by atoms with Gasteiger partial charge in [-0.3, -0.25) is 0 Å². The molecule has 17 heavy (non-hydrogen) atoms. The molecule has 1 aliphatic heterocycles. The van der Waals surface area contributed by atoms with Crippen molar-refractivity contribution in [2.45, 2.75) is 6.54 Å². The summed E-state index contributed by atoms with van der Waals surface area (Å²) in [5.74, 6) is 0. The molecule has 0 aromatic heterocycles. The summed E-state index contributed by atoms with van der Waals surface area (Å²) in [7, 11) is 2.23. The first kappa shape index (κ1) is 12.3. The van der Waals surface area contributed by atoms with Crippen LogP contribution < -0.4 is 10.2 Å². The van der Waals surface area contributed by atoms with Crippen molar-refractivity contribution in [1.29, 1.82) is 0 Å². The molecular formula is C13H20N3S+. The number of likely N-dealkylation sites (N-methyl/N-ethyl adjacent to an activating group) is 1. The zero-order chi connectivity index (χ0) is 12.1. The fourth-order valence-electron chi connectivity index (χ4n) is 1.98. The molecule has 2 rings (SSSR count). The van der Waals surface area contributed by atoms with Gasteiger partial charge in [0.15, 0.2) is 5.11 Å². The Morgan fingerprint density at radius 2 is 1.94 bits per heavy atom. The Morgan fingerprint density at radius 3 is 2.59 bits per heavy atom. The van der Waals surface area contributed by atoms with Gasteiger partial charge in [0, 0.05) is 6.54 Å². The van der Waals surface area contributed by atoms with Crippen molar-refractivity contribution in [1.82, 2.24) is 10.2 Å². The minimum absolute atomic E-state index is 0.818. The van der Waals surface area contributed by atoms with E-state index in [1.807, 2.05) is 6.07 Å². The quantitative estimate of drug-likeness (QED) is 0.715. The smallest absolute Gasteiger partial charge is 0.169 e. The molecule has 0 saturated carbocycles. The summed E-state index contributed by atoms with van der Waals surface area (Å²) in [5.41, 5.74) is 1.27. The van der Waals surface area contributed by atoms with Gasteiger partial charge in [0.25, 0.3) is 0 Å². The van der Waals surface area contributed by atoms with Crippen molar-refractivity contribution in [3.63, 3.8) is 0 Å². The number of piperazine rings is 1. The van der Waals surface area contributed by atoms with Crippen molar-refractivity contribution in [2.75, 3.05) is 33.2 Å². The molecular weight excluding hydrogens is 230 g/mol. The molecule has 0 spiro atoms. The first-order valence-electron chi connectivity index (χ1n) is 6.14. The standard InChI is InChI=1S/C13H19N3S/c1-15-7-9-16(10-8-15)13(17)14-11-12-5-3-2-4-6-12/h2-6H,7-11H2,1H3,(H,14,17)/p+1. The summed E-state index contributed by atoms with van der Waals surface area (Å²) in [4.78, 5) is 3.86. The number of nitrogens with one attached hydrogen (secondary N) is 2. The normalized spacial score (nSPS) is 16.9. The maximum Gasteiger partial charge on any atom is 0.169 e. The number of nitrogens with zero attached hydrogens (tertiary/aromatic N) is 1. The summed E-state index contributed by atoms with van der Waals surface area (Å²) in [6, 6.07) is 10.4. The Kier molecular flexibility index (Phi) is 4.34. The number of quaternary nitrogens is 1. The minimum Gasteiger partial charge on any atom is -0.358 e. The molecule has 1 aliphatic rings. The Morgan fingerprint density at radius 1 is 1.29 bits per heavy atom. The predicted octanol–water partition coefficient (Wildman–Crippen LogP) is -0.109. The fourth-order valence-corrected chi connectivity index (χ4v) is 2.23. The van der Waals surface area contributed by atoms with E-state index in [4.69, 9.17) is 12.2 Å². The molecule has 1 saturated heterocycles. The van der Waals surface area contributed by atoms with Crippen LogP contribution in [0.3, 0.4) is 0 Å². The van der Waals surface area contributed by atoms with Crippen molar-refractivity contribution in [2.24, 2.45) is 0 Å². The van der Waals surface area contributed by atoms with Crippen LogP contribution in [0, 0.1) is 0 Å². The summed E-state index contributed by atoms with van der Waals surface area (Å²) >= 11 is 5.42. The number of hydrogen-bond acceptors (Lipinski definition) is 1. The molecule has 0 bridgehead atoms. The summed E-state index contributed by atoms with van der Waals surface area (Å²) in [5, 5.41) is 4.22. The first-order valence-corrected chi connectivity index (χ1v) is 6.54. The fraction of sp³-hybridized carbons (Fsp3) is 0.462. The van der Waals surface area contributed by atoms with E-state index in [2.05, 4.69) is 41.5 Å². The lowest BCUT2D eigenvalue weighted by Crippen LogP contribution is -3.12. The highest BCUT2D eigenvalue weighted by atomic mass is 32.1. The van der Waals surface area contributed by atoms with E-state index in [1.165, 1.54) is 18.7 Å². The lowest BCUT2D eigenvalue weighted by atomic mass is 10.2. The van der Waals surface area contributed by atoms with Crippen molar-refractivity contribution in [3.8, 4) is 0 Å². The van der Waals surface area contributed by atoms with Crippen molar-refractivity contribution in [3.05, 3.63) is 35.9 Å². The number of benzene rings is 1. The van der Waals surface area contributed by atoms with E-state index in [1.54, 1.807) is 4.90 Å². The van der Waals surface area contributed by atoms with Crippen LogP contribution in [-0.2, 0) is 6.54 Å². The van der Waals surface area contributed by atoms with Crippen LogP contribution in [0.25, 0.3) is 0 Å². The molecule has 4 heteroatoms. The molecule has 3 nitrogen and oxygen atoms in total. The van der Waals surface area contributed by atoms with Gasteiger partial charge in [0.1, 0.15) is 0 Å². The lowest BCUT2D eigenvalue weighted by molar-refractivity contribution is -0.883. The van der Waals surface area contributed by atoms with Crippen LogP contribution in [0.4, 0.5) is 0 Å². The van der Waals surface area contributed by atoms with Crippen LogP contribution >= 0.6 is 12.2 Å². The maximum atomic E-state index is 5.42. The molecule has 92 valence electrons. The van der Waals surface area contributed by atoms with Gasteiger partial charge in [-0.1, -0.05) is 30.3 Å². The van der Waals surface area contributed by atoms with E-state index in [9.17, 15) is 0 Å². The number of thiocarbonyl (C=S) groups is 1. The molecule has 1 heterocycles. The zero-order valence-corrected chi connectivity index (χ0v) is 11.1. The molecule has 0 atom stereocenters. The molecule has 1 aromatic carbocycles. The number of hydrogen-bond donors (Lipinski definition) is 2. The lowest BCUT2D eigenvalue weighted by Gasteiger charge is -2.32. The molecule has 0 aliphatic carbocycles. The molecule has 2 N–H and O–H groups in total. The second kappa shape index (κ2) is 5.98. The highest BCUT2D eigenvalue weighted by Gasteiger charge is 2.18. The Bertz CT molecular complexity index is 358. The average molecular weight is 250 g/mol. The minimum atomic E-state index is 0.818. The van der Waals surface area contributed by atoms with Gasteiger partial charge in [-0.25, -0.2) is 0 Å². The van der Waals surface area contributed by atoms with Gasteiger partial charge in [-0.05, 0) is 17.8 Å². The SMILES string of the molecule is C[NH+]1CCN(C(=S)NCc2ccccc2)CC1. The Labute approximate surface area is 108 Å². The first-order chi connectivity index (χ1) is 8.25. The second-order valence-electron chi connectivity index (χ2n) is 4.59. The highest BCUT2D eigenvalue weighted by Crippen LogP contribution is 1.98. The van der Waals surface area contributed by atoms with Crippen molar-refractivity contribution >= 4 is 17.3 Å². The Hall–Kier alpha value is -1.13. The van der Waals surface area contributed by atoms with Gasteiger partial charge in [0.05, 0.1) is 33.2 Å². The molecule has 1 aromatic rings. The Balaban J connectivity index is 1.78. The monoisotopic (exact) mass is 250 g/mol. The van der Waals surface area contributed by atoms with E-state index in [0.717, 1.165) is 24.7 Å². The van der Waals surface area contributed by atoms with E-state index in [-0.39, 0.29) is 0 Å². The third kappa shape index (κ3) is 3.68. The van der Waals surface area contributed by atoms with E-state index in [0.29, 0.717) is 0 Å². The highest BCUT2D eigenvalue weighted by molar-refractivity contribution is 7.80. The second-order valence-corrected chi connectivity index (χ2v) is 4.98. The largest absolute Gasteiger partial charge is 0.358 e. The summed E-state index contributed by atoms with van der Waals surface area (Å²) in [6.07, 6.45) is 0. The van der Waals surface area contributed by atoms with Crippen LogP contribution in [0.1, 0.15) is 5.56 Å². The third-order valence-corrected chi connectivity index (χ3v) is 3.59. The van der Waals surface area contributed by atoms with Crippen LogP contribution in [0.15, 0.2) is 30.3 Å². The van der Waals surface area contributed by atoms with Crippen LogP contribution in [-0.4, -0.2) is 43.2 Å². The molecule has 0 unspecified atom stereocenters. The van der Waals surface area contributed by atoms with Crippen LogP contribution in [0.5, 0.6) is 0 Å². The maximum absolute atomic E-state index is 5.42. The topological polar surface area (TPSA) is 19.7 Å². The van der Waals surface area contributed by atoms with Gasteiger partial charge in [0.2, 0.25) is 0 Å². The van der Waals surface area contributed by atoms with Gasteiger partial charge < -0.3 is 15.1 Å². The van der Waals surface area contributed by atoms with Crippen LogP contribution in [0.2, 0.25) is 0 Å². The van der Waals surface area contributed by atoms with Gasteiger partial charge in [-0.15, -0.1) is 0 Å². The predicted molar refractivity (Wildman–Crippen MR) is 74.1 cm³/mol. The van der Waals surface area contributed by atoms with E-state index >= 15 is 0 Å². The third-order valence-electron chi connectivity index (χ3n) is 3.19. The molecule has 1 fully saturated rings. The number of rotatable bonds is 2. The zero-order valence-electron chi connectivity index (χ0n) is 10.3. The average Bonchev–Trinajstić information content (AvgIpc) is 2.38. The summed E-state index contributed by atoms with van der Waals surface area (Å²) < 4.78 is 0. The molecule has 0 amide bonds.